The van der Waals surface area contributed by atoms with Crippen molar-refractivity contribution < 1.29 is 32.3 Å². The van der Waals surface area contributed by atoms with Crippen LogP contribution in [0, 0.1) is 17.2 Å². The highest BCUT2D eigenvalue weighted by Gasteiger charge is 2.45. The monoisotopic (exact) mass is 871 g/mol. The smallest absolute Gasteiger partial charge is 0.417 e. The number of para-hydroxylation sites is 2. The number of piperidine rings is 2. The third-order valence-corrected chi connectivity index (χ3v) is 13.3. The zero-order chi connectivity index (χ0) is 45.0. The van der Waals surface area contributed by atoms with Crippen molar-refractivity contribution in [3.05, 3.63) is 136 Å². The number of imide groups is 1. The molecule has 0 radical (unpaired) electrons. The maximum atomic E-state index is 13.9. The van der Waals surface area contributed by atoms with E-state index >= 15 is 0 Å². The third-order valence-electron chi connectivity index (χ3n) is 13.3. The van der Waals surface area contributed by atoms with Gasteiger partial charge in [0.1, 0.15) is 17.9 Å². The van der Waals surface area contributed by atoms with Crippen LogP contribution < -0.4 is 20.6 Å². The molecule has 1 aromatic heterocycles. The van der Waals surface area contributed by atoms with Gasteiger partial charge < -0.3 is 15.0 Å². The van der Waals surface area contributed by atoms with Crippen molar-refractivity contribution in [2.75, 3.05) is 24.5 Å². The Morgan fingerprint density at radius 2 is 1.56 bits per heavy atom. The van der Waals surface area contributed by atoms with Gasteiger partial charge in [-0.25, -0.2) is 4.79 Å². The molecule has 4 aromatic carbocycles. The van der Waals surface area contributed by atoms with Gasteiger partial charge in [-0.05, 0) is 112 Å². The minimum Gasteiger partial charge on any atom is -0.490 e. The Bertz CT molecular complexity index is 2770. The van der Waals surface area contributed by atoms with Crippen molar-refractivity contribution in [1.29, 1.82) is 5.26 Å². The molecule has 12 nitrogen and oxygen atoms in total. The van der Waals surface area contributed by atoms with Gasteiger partial charge in [-0.2, -0.15) is 18.4 Å². The number of carbonyl (C=O) groups is 3. The predicted molar refractivity (Wildman–Crippen MR) is 234 cm³/mol. The third kappa shape index (κ3) is 7.95. The number of halogens is 3. The second-order valence-corrected chi connectivity index (χ2v) is 17.6. The fraction of sp³-hybridized carbons (Fsp3) is 0.367. The van der Waals surface area contributed by atoms with Crippen LogP contribution in [-0.4, -0.2) is 80.5 Å². The Kier molecular flexibility index (Phi) is 11.2. The van der Waals surface area contributed by atoms with Crippen molar-refractivity contribution in [2.24, 2.45) is 5.92 Å². The van der Waals surface area contributed by atoms with Gasteiger partial charge in [-0.3, -0.25) is 33.3 Å². The number of benzene rings is 4. The Labute approximate surface area is 368 Å². The van der Waals surface area contributed by atoms with E-state index in [1.807, 2.05) is 12.1 Å². The number of carbonyl (C=O) groups excluding carboxylic acids is 3. The molecule has 9 rings (SSSR count). The van der Waals surface area contributed by atoms with Crippen LogP contribution in [0.4, 0.5) is 18.9 Å². The van der Waals surface area contributed by atoms with E-state index in [0.29, 0.717) is 53.3 Å². The average molecular weight is 872 g/mol. The Morgan fingerprint density at radius 3 is 2.23 bits per heavy atom. The summed E-state index contributed by atoms with van der Waals surface area (Å²) in [6.45, 7) is 11.3. The predicted octanol–water partition coefficient (Wildman–Crippen LogP) is 7.66. The number of anilines is 1. The number of nitriles is 1. The maximum Gasteiger partial charge on any atom is 0.417 e. The number of amides is 3. The molecule has 3 aliphatic heterocycles. The van der Waals surface area contributed by atoms with Crippen molar-refractivity contribution in [2.45, 2.75) is 89.3 Å². The highest BCUT2D eigenvalue weighted by Crippen LogP contribution is 2.37. The van der Waals surface area contributed by atoms with E-state index in [4.69, 9.17) is 4.74 Å². The summed E-state index contributed by atoms with van der Waals surface area (Å²) >= 11 is 0. The van der Waals surface area contributed by atoms with E-state index in [0.717, 1.165) is 73.6 Å². The molecule has 1 N–H and O–H groups in total. The van der Waals surface area contributed by atoms with Gasteiger partial charge in [0.2, 0.25) is 5.91 Å². The molecule has 0 bridgehead atoms. The summed E-state index contributed by atoms with van der Waals surface area (Å²) in [5.41, 5.74) is 2.10. The van der Waals surface area contributed by atoms with Crippen LogP contribution >= 0.6 is 0 Å². The standard InChI is InChI=1S/C49H48F3N7O5/c1-29(2)56(36-22-38(23-36)64-37-15-16-39-40(25-37)47(62)59(46(39)61)44-17-8-30(3)54-45(44)60)27-32-18-20-55(21-19-32)34-12-9-31(10-13-34)28-57-42-6-4-5-7-43(42)58(48(57)63)35-14-11-33(26-53)41(24-35)49(50,51)52/h4-7,9-16,24-25,29,32,36,38,44H,3,8,17-23,27-28H2,1-2H3,(H,54,60). The van der Waals surface area contributed by atoms with Crippen molar-refractivity contribution in [1.82, 2.24) is 24.3 Å². The second-order valence-electron chi connectivity index (χ2n) is 17.6. The lowest BCUT2D eigenvalue weighted by molar-refractivity contribution is -0.137. The van der Waals surface area contributed by atoms with Gasteiger partial charge in [0.05, 0.1) is 51.6 Å². The summed E-state index contributed by atoms with van der Waals surface area (Å²) in [4.78, 5) is 59.0. The number of rotatable bonds is 11. The largest absolute Gasteiger partial charge is 0.490 e. The SMILES string of the molecule is C=C1CCC(N2C(=O)c3ccc(OC4CC(N(CC5CCN(c6ccc(Cn7c(=O)n(-c8ccc(C#N)c(C(F)(F)F)c8)c8ccccc87)cc6)CC5)C(C)C)C4)cc3C2=O)C(=O)N1. The van der Waals surface area contributed by atoms with Crippen LogP contribution in [-0.2, 0) is 17.5 Å². The topological polar surface area (TPSA) is 133 Å². The first-order valence-corrected chi connectivity index (χ1v) is 21.8. The highest BCUT2D eigenvalue weighted by atomic mass is 19.4. The Hall–Kier alpha value is -6.66. The van der Waals surface area contributed by atoms with Gasteiger partial charge in [-0.1, -0.05) is 30.8 Å². The first-order valence-electron chi connectivity index (χ1n) is 21.8. The van der Waals surface area contributed by atoms with E-state index in [1.54, 1.807) is 53.1 Å². The Morgan fingerprint density at radius 1 is 0.875 bits per heavy atom. The molecule has 3 fully saturated rings. The normalized spacial score (nSPS) is 20.5. The highest BCUT2D eigenvalue weighted by molar-refractivity contribution is 6.23. The lowest BCUT2D eigenvalue weighted by Crippen LogP contribution is -2.53. The number of allylic oxidation sites excluding steroid dienone is 1. The number of ether oxygens (including phenoxy) is 1. The summed E-state index contributed by atoms with van der Waals surface area (Å²) in [7, 11) is 0. The number of nitrogens with one attached hydrogen (secondary N) is 1. The molecule has 1 atom stereocenters. The van der Waals surface area contributed by atoms with Crippen LogP contribution in [0.15, 0.2) is 102 Å². The molecule has 64 heavy (non-hydrogen) atoms. The minimum atomic E-state index is -4.76. The molecular formula is C49H48F3N7O5. The van der Waals surface area contributed by atoms with Gasteiger partial charge in [0, 0.05) is 55.9 Å². The summed E-state index contributed by atoms with van der Waals surface area (Å²) in [6, 6.07) is 24.8. The van der Waals surface area contributed by atoms with Gasteiger partial charge in [0.15, 0.2) is 0 Å². The summed E-state index contributed by atoms with van der Waals surface area (Å²) in [5, 5.41) is 11.9. The molecule has 4 heterocycles. The minimum absolute atomic E-state index is 0.0149. The first kappa shape index (κ1) is 42.6. The average Bonchev–Trinajstić information content (AvgIpc) is 3.68. The van der Waals surface area contributed by atoms with E-state index in [9.17, 15) is 37.6 Å². The molecule has 5 aromatic rings. The molecule has 1 aliphatic carbocycles. The lowest BCUT2D eigenvalue weighted by Gasteiger charge is -2.46. The number of imidazole rings is 1. The summed E-state index contributed by atoms with van der Waals surface area (Å²) < 4.78 is 50.7. The van der Waals surface area contributed by atoms with Crippen LogP contribution in [0.5, 0.6) is 5.75 Å². The Balaban J connectivity index is 0.789. The van der Waals surface area contributed by atoms with Gasteiger partial charge in [0.25, 0.3) is 11.8 Å². The van der Waals surface area contributed by atoms with E-state index < -0.39 is 46.8 Å². The van der Waals surface area contributed by atoms with Crippen molar-refractivity contribution >= 4 is 34.4 Å². The van der Waals surface area contributed by atoms with E-state index in [2.05, 4.69) is 47.7 Å². The summed E-state index contributed by atoms with van der Waals surface area (Å²) in [6.07, 6.45) is -0.143. The molecule has 1 saturated carbocycles. The number of alkyl halides is 3. The lowest BCUT2D eigenvalue weighted by atomic mass is 9.85. The number of aromatic nitrogens is 2. The van der Waals surface area contributed by atoms with Crippen molar-refractivity contribution in [3.8, 4) is 17.5 Å². The second kappa shape index (κ2) is 16.8. The zero-order valence-electron chi connectivity index (χ0n) is 35.6. The van der Waals surface area contributed by atoms with Crippen LogP contribution in [0.25, 0.3) is 16.7 Å². The van der Waals surface area contributed by atoms with Gasteiger partial charge >= 0.3 is 11.9 Å². The van der Waals surface area contributed by atoms with E-state index in [1.165, 1.54) is 10.6 Å². The molecule has 1 unspecified atom stereocenters. The maximum absolute atomic E-state index is 13.9. The molecular weight excluding hydrogens is 824 g/mol. The number of nitrogens with zero attached hydrogens (tertiary/aromatic N) is 6. The van der Waals surface area contributed by atoms with Crippen LogP contribution in [0.2, 0.25) is 0 Å². The van der Waals surface area contributed by atoms with Crippen LogP contribution in [0.1, 0.15) is 89.8 Å². The number of hydrogen-bond donors (Lipinski definition) is 1. The fourth-order valence-corrected chi connectivity index (χ4v) is 9.76. The quantitative estimate of drug-likeness (QED) is 0.134. The van der Waals surface area contributed by atoms with Crippen molar-refractivity contribution in [3.63, 3.8) is 0 Å². The zero-order valence-corrected chi connectivity index (χ0v) is 35.6. The molecule has 0 spiro atoms. The van der Waals surface area contributed by atoms with Crippen LogP contribution in [0.3, 0.4) is 0 Å². The first-order chi connectivity index (χ1) is 30.7. The molecule has 330 valence electrons. The van der Waals surface area contributed by atoms with Gasteiger partial charge in [-0.15, -0.1) is 0 Å². The molecule has 3 amide bonds. The molecule has 2 saturated heterocycles. The molecule has 4 aliphatic rings. The molecule has 15 heteroatoms. The fourth-order valence-electron chi connectivity index (χ4n) is 9.76. The summed E-state index contributed by atoms with van der Waals surface area (Å²) in [5.74, 6) is -0.276. The van der Waals surface area contributed by atoms with E-state index in [-0.39, 0.29) is 29.5 Å². The number of hydrogen-bond acceptors (Lipinski definition) is 8. The number of fused-ring (bicyclic) bond motifs is 2.